The lowest BCUT2D eigenvalue weighted by molar-refractivity contribution is -0.135. The Morgan fingerprint density at radius 2 is 2.08 bits per heavy atom. The van der Waals surface area contributed by atoms with Crippen molar-refractivity contribution in [3.63, 3.8) is 0 Å². The van der Waals surface area contributed by atoms with E-state index in [1.807, 2.05) is 0 Å². The van der Waals surface area contributed by atoms with E-state index in [0.29, 0.717) is 27.8 Å². The molecule has 142 valence electrons. The van der Waals surface area contributed by atoms with Gasteiger partial charge in [0.25, 0.3) is 5.91 Å². The number of hydrogen-bond donors (Lipinski definition) is 1. The molecule has 10 heteroatoms. The van der Waals surface area contributed by atoms with Gasteiger partial charge in [-0.3, -0.25) is 4.79 Å². The lowest BCUT2D eigenvalue weighted by Crippen LogP contribution is -2.38. The van der Waals surface area contributed by atoms with Gasteiger partial charge in [0.05, 0.1) is 5.75 Å². The monoisotopic (exact) mass is 420 g/mol. The minimum absolute atomic E-state index is 0.0985. The quantitative estimate of drug-likeness (QED) is 0.413. The van der Waals surface area contributed by atoms with E-state index >= 15 is 0 Å². The van der Waals surface area contributed by atoms with Gasteiger partial charge in [-0.05, 0) is 43.3 Å². The Bertz CT molecular complexity index is 815. The zero-order valence-corrected chi connectivity index (χ0v) is 16.5. The Morgan fingerprint density at radius 1 is 1.38 bits per heavy atom. The van der Waals surface area contributed by atoms with E-state index in [1.165, 1.54) is 14.0 Å². The molecule has 1 aromatic rings. The third-order valence-electron chi connectivity index (χ3n) is 3.22. The van der Waals surface area contributed by atoms with Crippen molar-refractivity contribution >= 4 is 45.5 Å². The third-order valence-corrected chi connectivity index (χ3v) is 5.58. The maximum Gasteiger partial charge on any atom is 0.346 e. The molecule has 0 heterocycles. The van der Waals surface area contributed by atoms with Crippen molar-refractivity contribution < 1.29 is 22.3 Å². The van der Waals surface area contributed by atoms with Crippen molar-refractivity contribution in [2.45, 2.75) is 25.8 Å². The molecule has 0 saturated heterocycles. The number of halogens is 2. The molecular formula is C16H18Cl2N2O5S. The van der Waals surface area contributed by atoms with Crippen LogP contribution in [0.3, 0.4) is 0 Å². The zero-order valence-electron chi connectivity index (χ0n) is 14.2. The van der Waals surface area contributed by atoms with Gasteiger partial charge < -0.3 is 9.61 Å². The predicted molar refractivity (Wildman–Crippen MR) is 98.8 cm³/mol. The summed E-state index contributed by atoms with van der Waals surface area (Å²) >= 11 is 10.4. The number of amides is 1. The fourth-order valence-corrected chi connectivity index (χ4v) is 2.88. The topological polar surface area (TPSA) is 92.8 Å². The second-order valence-electron chi connectivity index (χ2n) is 5.28. The number of unbranched alkanes of at least 4 members (excludes halogenated alkanes) is 1. The first-order valence-corrected chi connectivity index (χ1v) is 9.77. The lowest BCUT2D eigenvalue weighted by Gasteiger charge is -2.10. The number of rotatable bonds is 7. The molecule has 1 N–H and O–H groups in total. The molecule has 0 bridgehead atoms. The van der Waals surface area contributed by atoms with Gasteiger partial charge in [0.15, 0.2) is 0 Å². The Hall–Kier alpha value is -1.79. The molecule has 26 heavy (non-hydrogen) atoms. The van der Waals surface area contributed by atoms with Gasteiger partial charge in [-0.2, -0.15) is 0 Å². The summed E-state index contributed by atoms with van der Waals surface area (Å²) in [6.07, 6.45) is 0.698. The molecule has 0 radical (unpaired) electrons. The summed E-state index contributed by atoms with van der Waals surface area (Å²) in [6.45, 7) is 1.44. The maximum atomic E-state index is 12.1. The van der Waals surface area contributed by atoms with Crippen molar-refractivity contribution in [1.82, 2.24) is 9.14 Å². The number of nitrogens with one attached hydrogen (secondary N) is 1. The van der Waals surface area contributed by atoms with Gasteiger partial charge in [-0.15, -0.1) is 3.82 Å². The molecule has 0 saturated carbocycles. The SMILES string of the molecule is C[C@@H](NC(=O)c1cccc(C#CCCCS(=O)(=O)N(C)Cl)c1)C(=O)OCl. The minimum atomic E-state index is -3.45. The summed E-state index contributed by atoms with van der Waals surface area (Å²) in [5.41, 5.74) is 0.903. The lowest BCUT2D eigenvalue weighted by atomic mass is 10.1. The molecule has 0 aromatic heterocycles. The average Bonchev–Trinajstić information content (AvgIpc) is 2.60. The molecule has 1 atom stereocenters. The highest BCUT2D eigenvalue weighted by atomic mass is 35.5. The van der Waals surface area contributed by atoms with Crippen molar-refractivity contribution in [3.05, 3.63) is 35.4 Å². The number of benzene rings is 1. The third kappa shape index (κ3) is 7.22. The van der Waals surface area contributed by atoms with Crippen LogP contribution in [0.15, 0.2) is 24.3 Å². The molecule has 1 amide bonds. The van der Waals surface area contributed by atoms with Gasteiger partial charge in [0.1, 0.15) is 17.9 Å². The second kappa shape index (κ2) is 10.4. The Kier molecular flexibility index (Phi) is 8.88. The second-order valence-corrected chi connectivity index (χ2v) is 8.27. The smallest absolute Gasteiger partial charge is 0.345 e. The summed E-state index contributed by atoms with van der Waals surface area (Å²) in [5, 5.41) is 2.45. The van der Waals surface area contributed by atoms with Crippen LogP contribution in [0.2, 0.25) is 0 Å². The molecule has 1 rings (SSSR count). The van der Waals surface area contributed by atoms with Gasteiger partial charge in [-0.1, -0.05) is 17.9 Å². The van der Waals surface area contributed by atoms with Crippen LogP contribution in [-0.2, 0) is 19.1 Å². The number of hydrogen-bond acceptors (Lipinski definition) is 5. The van der Waals surface area contributed by atoms with Crippen LogP contribution in [0.25, 0.3) is 0 Å². The summed E-state index contributed by atoms with van der Waals surface area (Å²) in [7, 11) is -2.19. The fourth-order valence-electron chi connectivity index (χ4n) is 1.78. The number of carbonyl (C=O) groups is 2. The summed E-state index contributed by atoms with van der Waals surface area (Å²) in [4.78, 5) is 23.3. The van der Waals surface area contributed by atoms with Crippen LogP contribution in [0.1, 0.15) is 35.7 Å². The number of carbonyl (C=O) groups excluding carboxylic acids is 2. The summed E-state index contributed by atoms with van der Waals surface area (Å²) < 4.78 is 27.7. The molecular weight excluding hydrogens is 403 g/mol. The van der Waals surface area contributed by atoms with E-state index in [1.54, 1.807) is 24.3 Å². The molecule has 7 nitrogen and oxygen atoms in total. The number of nitrogens with zero attached hydrogens (tertiary/aromatic N) is 1. The molecule has 0 aliphatic carbocycles. The first-order valence-electron chi connectivity index (χ1n) is 7.52. The maximum absolute atomic E-state index is 12.1. The zero-order chi connectivity index (χ0) is 19.7. The van der Waals surface area contributed by atoms with Crippen LogP contribution in [0, 0.1) is 11.8 Å². The van der Waals surface area contributed by atoms with Crippen molar-refractivity contribution in [2.24, 2.45) is 0 Å². The van der Waals surface area contributed by atoms with Crippen molar-refractivity contribution in [3.8, 4) is 11.8 Å². The van der Waals surface area contributed by atoms with Crippen molar-refractivity contribution in [1.29, 1.82) is 0 Å². The Morgan fingerprint density at radius 3 is 2.69 bits per heavy atom. The van der Waals surface area contributed by atoms with Gasteiger partial charge in [0, 0.05) is 24.6 Å². The molecule has 0 aliphatic rings. The fraction of sp³-hybridized carbons (Fsp3) is 0.375. The predicted octanol–water partition coefficient (Wildman–Crippen LogP) is 2.05. The first-order chi connectivity index (χ1) is 12.2. The van der Waals surface area contributed by atoms with Gasteiger partial charge in [-0.25, -0.2) is 13.2 Å². The van der Waals surface area contributed by atoms with Crippen LogP contribution < -0.4 is 5.32 Å². The van der Waals surface area contributed by atoms with E-state index in [-0.39, 0.29) is 5.75 Å². The highest BCUT2D eigenvalue weighted by Crippen LogP contribution is 2.07. The highest BCUT2D eigenvalue weighted by Gasteiger charge is 2.18. The molecule has 0 fully saturated rings. The van der Waals surface area contributed by atoms with E-state index in [4.69, 9.17) is 23.6 Å². The molecule has 0 unspecified atom stereocenters. The number of sulfonamides is 1. The summed E-state index contributed by atoms with van der Waals surface area (Å²) in [6, 6.07) is 5.60. The standard InChI is InChI=1S/C16H18Cl2N2O5S/c1-12(16(22)25-18)19-15(21)14-9-6-8-13(11-14)7-4-3-5-10-26(23,24)20(2)17/h6,8-9,11-12H,3,5,10H2,1-2H3,(H,19,21)/t12-/m1/s1. The van der Waals surface area contributed by atoms with Crippen LogP contribution in [0.5, 0.6) is 0 Å². The normalized spacial score (nSPS) is 12.0. The Labute approximate surface area is 162 Å². The van der Waals surface area contributed by atoms with E-state index in [2.05, 4.69) is 21.4 Å². The van der Waals surface area contributed by atoms with Crippen LogP contribution in [0.4, 0.5) is 0 Å². The highest BCUT2D eigenvalue weighted by molar-refractivity contribution is 7.89. The van der Waals surface area contributed by atoms with Gasteiger partial charge >= 0.3 is 5.97 Å². The van der Waals surface area contributed by atoms with E-state index in [9.17, 15) is 18.0 Å². The van der Waals surface area contributed by atoms with E-state index in [0.717, 1.165) is 0 Å². The largest absolute Gasteiger partial charge is 0.346 e. The van der Waals surface area contributed by atoms with Crippen molar-refractivity contribution in [2.75, 3.05) is 12.8 Å². The minimum Gasteiger partial charge on any atom is -0.345 e. The first kappa shape index (κ1) is 22.3. The average molecular weight is 421 g/mol. The van der Waals surface area contributed by atoms with Crippen LogP contribution >= 0.6 is 23.6 Å². The van der Waals surface area contributed by atoms with Gasteiger partial charge in [0.2, 0.25) is 10.0 Å². The van der Waals surface area contributed by atoms with E-state index < -0.39 is 27.9 Å². The Balaban J connectivity index is 2.65. The molecule has 1 aromatic carbocycles. The summed E-state index contributed by atoms with van der Waals surface area (Å²) in [5.74, 6) is 4.37. The molecule has 0 aliphatic heterocycles. The molecule has 0 spiro atoms. The van der Waals surface area contributed by atoms with Crippen LogP contribution in [-0.4, -0.2) is 43.0 Å².